The quantitative estimate of drug-likeness (QED) is 0.856. The summed E-state index contributed by atoms with van der Waals surface area (Å²) in [5, 5.41) is 5.81. The molecule has 1 aromatic heterocycles. The second kappa shape index (κ2) is 4.80. The minimum atomic E-state index is 0.224. The Morgan fingerprint density at radius 2 is 2.12 bits per heavy atom. The minimum absolute atomic E-state index is 0.224. The Kier molecular flexibility index (Phi) is 3.41. The Balaban J connectivity index is 2.15. The van der Waals surface area contributed by atoms with Gasteiger partial charge in [0.05, 0.1) is 5.52 Å². The Morgan fingerprint density at radius 1 is 1.38 bits per heavy atom. The second-order valence-electron chi connectivity index (χ2n) is 4.29. The van der Waals surface area contributed by atoms with E-state index in [1.54, 1.807) is 0 Å². The zero-order valence-electron chi connectivity index (χ0n) is 9.60. The molecule has 0 bridgehead atoms. The van der Waals surface area contributed by atoms with E-state index >= 15 is 0 Å². The Labute approximate surface area is 99.8 Å². The number of aromatic nitrogens is 1. The van der Waals surface area contributed by atoms with Crippen LogP contribution in [0.4, 0.5) is 5.00 Å². The Morgan fingerprint density at radius 3 is 2.88 bits per heavy atom. The first-order valence-electron chi connectivity index (χ1n) is 5.53. The van der Waals surface area contributed by atoms with E-state index in [4.69, 9.17) is 5.73 Å². The maximum atomic E-state index is 5.78. The van der Waals surface area contributed by atoms with E-state index < -0.39 is 0 Å². The number of hydrogen-bond donors (Lipinski definition) is 2. The van der Waals surface area contributed by atoms with Crippen molar-refractivity contribution in [2.24, 2.45) is 5.73 Å². The van der Waals surface area contributed by atoms with Gasteiger partial charge >= 0.3 is 0 Å². The van der Waals surface area contributed by atoms with Crippen molar-refractivity contribution in [1.29, 1.82) is 0 Å². The van der Waals surface area contributed by atoms with Gasteiger partial charge in [0, 0.05) is 17.5 Å². The number of nitrogens with zero attached hydrogens (tertiary/aromatic N) is 1. The first-order valence-corrected chi connectivity index (χ1v) is 6.30. The average molecular weight is 235 g/mol. The molecule has 2 unspecified atom stereocenters. The first kappa shape index (κ1) is 11.4. The zero-order valence-corrected chi connectivity index (χ0v) is 10.4. The third-order valence-corrected chi connectivity index (χ3v) is 3.30. The summed E-state index contributed by atoms with van der Waals surface area (Å²) in [6.07, 6.45) is 0.965. The van der Waals surface area contributed by atoms with E-state index in [-0.39, 0.29) is 6.04 Å². The molecule has 0 aliphatic carbocycles. The molecule has 2 atom stereocenters. The lowest BCUT2D eigenvalue weighted by Gasteiger charge is -2.15. The molecule has 0 aliphatic rings. The number of fused-ring (bicyclic) bond motifs is 1. The first-order chi connectivity index (χ1) is 7.66. The molecule has 0 fully saturated rings. The van der Waals surface area contributed by atoms with Crippen LogP contribution < -0.4 is 11.1 Å². The van der Waals surface area contributed by atoms with Gasteiger partial charge < -0.3 is 11.1 Å². The van der Waals surface area contributed by atoms with Gasteiger partial charge in [0.25, 0.3) is 0 Å². The van der Waals surface area contributed by atoms with Crippen LogP contribution in [0.3, 0.4) is 0 Å². The Hall–Kier alpha value is -1.13. The molecule has 0 amide bonds. The van der Waals surface area contributed by atoms with Gasteiger partial charge in [-0.15, -0.1) is 0 Å². The Bertz CT molecular complexity index is 464. The molecule has 3 N–H and O–H groups in total. The molecule has 4 heteroatoms. The van der Waals surface area contributed by atoms with Crippen LogP contribution in [0.15, 0.2) is 24.3 Å². The van der Waals surface area contributed by atoms with Gasteiger partial charge in [-0.3, -0.25) is 0 Å². The predicted molar refractivity (Wildman–Crippen MR) is 71.0 cm³/mol. The lowest BCUT2D eigenvalue weighted by atomic mass is 10.1. The topological polar surface area (TPSA) is 50.9 Å². The van der Waals surface area contributed by atoms with E-state index in [1.165, 1.54) is 16.9 Å². The van der Waals surface area contributed by atoms with Crippen molar-refractivity contribution in [1.82, 2.24) is 4.37 Å². The van der Waals surface area contributed by atoms with Crippen LogP contribution in [0, 0.1) is 0 Å². The van der Waals surface area contributed by atoms with Crippen LogP contribution in [0.2, 0.25) is 0 Å². The van der Waals surface area contributed by atoms with E-state index in [0.29, 0.717) is 6.04 Å². The highest BCUT2D eigenvalue weighted by molar-refractivity contribution is 7.11. The van der Waals surface area contributed by atoms with Crippen molar-refractivity contribution in [3.63, 3.8) is 0 Å². The van der Waals surface area contributed by atoms with Crippen molar-refractivity contribution < 1.29 is 0 Å². The third kappa shape index (κ3) is 2.51. The molecule has 0 saturated heterocycles. The van der Waals surface area contributed by atoms with E-state index in [2.05, 4.69) is 22.7 Å². The van der Waals surface area contributed by atoms with E-state index in [9.17, 15) is 0 Å². The maximum Gasteiger partial charge on any atom is 0.117 e. The van der Waals surface area contributed by atoms with Crippen molar-refractivity contribution in [3.05, 3.63) is 24.3 Å². The summed E-state index contributed by atoms with van der Waals surface area (Å²) in [7, 11) is 0. The highest BCUT2D eigenvalue weighted by Gasteiger charge is 2.09. The standard InChI is InChI=1S/C12H17N3S/c1-8(13)7-9(2)14-12-10-5-3-4-6-11(10)15-16-12/h3-6,8-9,14H,7,13H2,1-2H3. The number of hydrogen-bond acceptors (Lipinski definition) is 4. The predicted octanol–water partition coefficient (Wildman–Crippen LogP) is 2.83. The van der Waals surface area contributed by atoms with Gasteiger partial charge in [-0.05, 0) is 43.9 Å². The summed E-state index contributed by atoms with van der Waals surface area (Å²) < 4.78 is 4.40. The molecule has 0 saturated carbocycles. The van der Waals surface area contributed by atoms with Crippen LogP contribution in [0.25, 0.3) is 10.9 Å². The molecule has 0 radical (unpaired) electrons. The molecule has 2 rings (SSSR count). The van der Waals surface area contributed by atoms with Crippen molar-refractivity contribution >= 4 is 27.4 Å². The van der Waals surface area contributed by atoms with Crippen LogP contribution in [0.5, 0.6) is 0 Å². The number of benzene rings is 1. The average Bonchev–Trinajstić information content (AvgIpc) is 2.61. The van der Waals surface area contributed by atoms with Crippen molar-refractivity contribution in [3.8, 4) is 0 Å². The van der Waals surface area contributed by atoms with Crippen molar-refractivity contribution in [2.75, 3.05) is 5.32 Å². The molecule has 0 aliphatic heterocycles. The molecular formula is C12H17N3S. The van der Waals surface area contributed by atoms with Gasteiger partial charge in [0.2, 0.25) is 0 Å². The summed E-state index contributed by atoms with van der Waals surface area (Å²) in [5.41, 5.74) is 6.84. The van der Waals surface area contributed by atoms with Crippen LogP contribution >= 0.6 is 11.5 Å². The molecular weight excluding hydrogens is 218 g/mol. The highest BCUT2D eigenvalue weighted by atomic mass is 32.1. The lowest BCUT2D eigenvalue weighted by Crippen LogP contribution is -2.25. The lowest BCUT2D eigenvalue weighted by molar-refractivity contribution is 0.606. The number of nitrogens with two attached hydrogens (primary N) is 1. The second-order valence-corrected chi connectivity index (χ2v) is 5.06. The maximum absolute atomic E-state index is 5.78. The zero-order chi connectivity index (χ0) is 11.5. The van der Waals surface area contributed by atoms with Crippen LogP contribution in [0.1, 0.15) is 20.3 Å². The summed E-state index contributed by atoms with van der Waals surface area (Å²) in [4.78, 5) is 0. The minimum Gasteiger partial charge on any atom is -0.373 e. The number of nitrogens with one attached hydrogen (secondary N) is 1. The summed E-state index contributed by atoms with van der Waals surface area (Å²) in [6, 6.07) is 8.79. The largest absolute Gasteiger partial charge is 0.373 e. The molecule has 2 aromatic rings. The molecule has 1 heterocycles. The van der Waals surface area contributed by atoms with Gasteiger partial charge in [0.1, 0.15) is 5.00 Å². The van der Waals surface area contributed by atoms with Gasteiger partial charge in [0.15, 0.2) is 0 Å². The van der Waals surface area contributed by atoms with Gasteiger partial charge in [-0.1, -0.05) is 12.1 Å². The SMILES string of the molecule is CC(N)CC(C)Nc1snc2ccccc12. The smallest absolute Gasteiger partial charge is 0.117 e. The fraction of sp³-hybridized carbons (Fsp3) is 0.417. The van der Waals surface area contributed by atoms with Crippen molar-refractivity contribution in [2.45, 2.75) is 32.4 Å². The normalized spacial score (nSPS) is 14.9. The van der Waals surface area contributed by atoms with Gasteiger partial charge in [-0.2, -0.15) is 4.37 Å². The number of anilines is 1. The fourth-order valence-corrected chi connectivity index (χ4v) is 2.71. The summed E-state index contributed by atoms with van der Waals surface area (Å²) in [5.74, 6) is 0. The third-order valence-electron chi connectivity index (χ3n) is 2.49. The monoisotopic (exact) mass is 235 g/mol. The van der Waals surface area contributed by atoms with Crippen LogP contribution in [-0.4, -0.2) is 16.5 Å². The molecule has 86 valence electrons. The highest BCUT2D eigenvalue weighted by Crippen LogP contribution is 2.28. The van der Waals surface area contributed by atoms with Gasteiger partial charge in [-0.25, -0.2) is 0 Å². The summed E-state index contributed by atoms with van der Waals surface area (Å²) in [6.45, 7) is 4.18. The summed E-state index contributed by atoms with van der Waals surface area (Å²) >= 11 is 1.52. The number of rotatable bonds is 4. The van der Waals surface area contributed by atoms with E-state index in [1.807, 2.05) is 25.1 Å². The molecule has 0 spiro atoms. The molecule has 16 heavy (non-hydrogen) atoms. The molecule has 3 nitrogen and oxygen atoms in total. The van der Waals surface area contributed by atoms with Crippen LogP contribution in [-0.2, 0) is 0 Å². The fourth-order valence-electron chi connectivity index (χ4n) is 1.83. The molecule has 1 aromatic carbocycles. The van der Waals surface area contributed by atoms with E-state index in [0.717, 1.165) is 16.9 Å².